The van der Waals surface area contributed by atoms with Crippen LogP contribution < -0.4 is 5.32 Å². The van der Waals surface area contributed by atoms with Crippen LogP contribution in [0.3, 0.4) is 0 Å². The molecule has 0 spiro atoms. The van der Waals surface area contributed by atoms with Gasteiger partial charge in [0.1, 0.15) is 16.2 Å². The van der Waals surface area contributed by atoms with E-state index in [1.54, 1.807) is 0 Å². The zero-order valence-electron chi connectivity index (χ0n) is 11.2. The van der Waals surface area contributed by atoms with Crippen molar-refractivity contribution in [2.75, 3.05) is 5.32 Å². The average Bonchev–Trinajstić information content (AvgIpc) is 2.31. The van der Waals surface area contributed by atoms with Gasteiger partial charge in [-0.1, -0.05) is 19.8 Å². The second-order valence-electron chi connectivity index (χ2n) is 5.27. The van der Waals surface area contributed by atoms with E-state index in [1.165, 1.54) is 38.5 Å². The third-order valence-corrected chi connectivity index (χ3v) is 4.11. The number of aryl methyl sites for hydroxylation is 1. The minimum Gasteiger partial charge on any atom is -0.367 e. The summed E-state index contributed by atoms with van der Waals surface area (Å²) < 4.78 is 0.858. The lowest BCUT2D eigenvalue weighted by atomic mass is 9.83. The molecule has 1 saturated carbocycles. The van der Waals surface area contributed by atoms with Crippen molar-refractivity contribution >= 4 is 21.7 Å². The zero-order valence-corrected chi connectivity index (χ0v) is 12.8. The number of hydrogen-bond donors (Lipinski definition) is 1. The molecular weight excluding hydrogens is 290 g/mol. The fourth-order valence-corrected chi connectivity index (χ4v) is 3.29. The highest BCUT2D eigenvalue weighted by atomic mass is 79.9. The standard InChI is InChI=1S/C14H22BrN3/c1-3-4-11-5-7-12(8-6-11)18-14-9-13(15)16-10(2)17-14/h9,11-12H,3-8H2,1-2H3,(H,16,17,18). The maximum absolute atomic E-state index is 4.43. The SMILES string of the molecule is CCCC1CCC(Nc2cc(Br)nc(C)n2)CC1. The number of halogens is 1. The van der Waals surface area contributed by atoms with Crippen molar-refractivity contribution in [3.05, 3.63) is 16.5 Å². The summed E-state index contributed by atoms with van der Waals surface area (Å²) >= 11 is 3.42. The first-order valence-electron chi connectivity index (χ1n) is 6.95. The predicted octanol–water partition coefficient (Wildman–Crippen LogP) is 4.32. The molecule has 1 aromatic rings. The molecule has 0 unspecified atom stereocenters. The van der Waals surface area contributed by atoms with Crippen LogP contribution in [-0.4, -0.2) is 16.0 Å². The van der Waals surface area contributed by atoms with Crippen molar-refractivity contribution in [1.29, 1.82) is 0 Å². The molecule has 1 N–H and O–H groups in total. The summed E-state index contributed by atoms with van der Waals surface area (Å²) in [5.74, 6) is 2.71. The highest BCUT2D eigenvalue weighted by Crippen LogP contribution is 2.29. The summed E-state index contributed by atoms with van der Waals surface area (Å²) in [4.78, 5) is 8.66. The molecule has 18 heavy (non-hydrogen) atoms. The van der Waals surface area contributed by atoms with Gasteiger partial charge in [0.05, 0.1) is 0 Å². The number of nitrogens with zero attached hydrogens (tertiary/aromatic N) is 2. The van der Waals surface area contributed by atoms with E-state index in [0.29, 0.717) is 6.04 Å². The molecule has 0 radical (unpaired) electrons. The zero-order chi connectivity index (χ0) is 13.0. The lowest BCUT2D eigenvalue weighted by Crippen LogP contribution is -2.26. The molecule has 1 heterocycles. The molecule has 100 valence electrons. The van der Waals surface area contributed by atoms with Crippen LogP contribution in [0.15, 0.2) is 10.7 Å². The monoisotopic (exact) mass is 311 g/mol. The summed E-state index contributed by atoms with van der Waals surface area (Å²) in [7, 11) is 0. The molecule has 1 aliphatic carbocycles. The van der Waals surface area contributed by atoms with Crippen molar-refractivity contribution in [1.82, 2.24) is 9.97 Å². The van der Waals surface area contributed by atoms with Gasteiger partial charge in [0, 0.05) is 12.1 Å². The highest BCUT2D eigenvalue weighted by Gasteiger charge is 2.20. The summed E-state index contributed by atoms with van der Waals surface area (Å²) in [6.07, 6.45) is 7.97. The largest absolute Gasteiger partial charge is 0.367 e. The second kappa shape index (κ2) is 6.50. The lowest BCUT2D eigenvalue weighted by Gasteiger charge is -2.29. The van der Waals surface area contributed by atoms with Crippen molar-refractivity contribution in [3.63, 3.8) is 0 Å². The van der Waals surface area contributed by atoms with Gasteiger partial charge in [-0.15, -0.1) is 0 Å². The van der Waals surface area contributed by atoms with Crippen LogP contribution in [0.2, 0.25) is 0 Å². The molecule has 1 fully saturated rings. The summed E-state index contributed by atoms with van der Waals surface area (Å²) in [5.41, 5.74) is 0. The van der Waals surface area contributed by atoms with E-state index >= 15 is 0 Å². The Morgan fingerprint density at radius 3 is 2.61 bits per heavy atom. The molecule has 0 atom stereocenters. The Morgan fingerprint density at radius 2 is 2.00 bits per heavy atom. The molecule has 1 aliphatic rings. The van der Waals surface area contributed by atoms with Crippen LogP contribution in [0.5, 0.6) is 0 Å². The van der Waals surface area contributed by atoms with Gasteiger partial charge in [-0.2, -0.15) is 0 Å². The smallest absolute Gasteiger partial charge is 0.131 e. The van der Waals surface area contributed by atoms with Crippen molar-refractivity contribution in [3.8, 4) is 0 Å². The van der Waals surface area contributed by atoms with Gasteiger partial charge < -0.3 is 5.32 Å². The summed E-state index contributed by atoms with van der Waals surface area (Å²) in [6, 6.07) is 2.55. The van der Waals surface area contributed by atoms with E-state index in [2.05, 4.69) is 38.1 Å². The van der Waals surface area contributed by atoms with E-state index in [0.717, 1.165) is 22.2 Å². The normalized spacial score (nSPS) is 23.9. The van der Waals surface area contributed by atoms with Crippen molar-refractivity contribution in [2.24, 2.45) is 5.92 Å². The Balaban J connectivity index is 1.87. The van der Waals surface area contributed by atoms with E-state index < -0.39 is 0 Å². The lowest BCUT2D eigenvalue weighted by molar-refractivity contribution is 0.318. The predicted molar refractivity (Wildman–Crippen MR) is 78.7 cm³/mol. The molecule has 0 amide bonds. The van der Waals surface area contributed by atoms with Crippen LogP contribution >= 0.6 is 15.9 Å². The fourth-order valence-electron chi connectivity index (χ4n) is 2.82. The number of rotatable bonds is 4. The van der Waals surface area contributed by atoms with Crippen LogP contribution in [-0.2, 0) is 0 Å². The van der Waals surface area contributed by atoms with Crippen LogP contribution in [0, 0.1) is 12.8 Å². The highest BCUT2D eigenvalue weighted by molar-refractivity contribution is 9.10. The van der Waals surface area contributed by atoms with E-state index in [1.807, 2.05) is 13.0 Å². The van der Waals surface area contributed by atoms with E-state index in [4.69, 9.17) is 0 Å². The molecule has 0 aliphatic heterocycles. The first kappa shape index (κ1) is 13.8. The second-order valence-corrected chi connectivity index (χ2v) is 6.09. The van der Waals surface area contributed by atoms with Crippen LogP contribution in [0.1, 0.15) is 51.3 Å². The van der Waals surface area contributed by atoms with Gasteiger partial charge >= 0.3 is 0 Å². The Labute approximate surface area is 118 Å². The van der Waals surface area contributed by atoms with Gasteiger partial charge in [0.15, 0.2) is 0 Å². The number of aromatic nitrogens is 2. The van der Waals surface area contributed by atoms with Gasteiger partial charge in [0.25, 0.3) is 0 Å². The number of nitrogens with one attached hydrogen (secondary N) is 1. The third kappa shape index (κ3) is 3.94. The van der Waals surface area contributed by atoms with Gasteiger partial charge in [-0.25, -0.2) is 9.97 Å². The van der Waals surface area contributed by atoms with E-state index in [9.17, 15) is 0 Å². The number of anilines is 1. The Kier molecular flexibility index (Phi) is 4.98. The van der Waals surface area contributed by atoms with Gasteiger partial charge in [-0.3, -0.25) is 0 Å². The number of hydrogen-bond acceptors (Lipinski definition) is 3. The van der Waals surface area contributed by atoms with Gasteiger partial charge in [-0.05, 0) is 54.5 Å². The van der Waals surface area contributed by atoms with Crippen molar-refractivity contribution < 1.29 is 0 Å². The first-order valence-corrected chi connectivity index (χ1v) is 7.74. The maximum Gasteiger partial charge on any atom is 0.131 e. The topological polar surface area (TPSA) is 37.8 Å². The minimum atomic E-state index is 0.583. The quantitative estimate of drug-likeness (QED) is 0.842. The molecule has 3 nitrogen and oxygen atoms in total. The minimum absolute atomic E-state index is 0.583. The average molecular weight is 312 g/mol. The molecule has 0 bridgehead atoms. The molecule has 0 saturated heterocycles. The maximum atomic E-state index is 4.43. The summed E-state index contributed by atoms with van der Waals surface area (Å²) in [5, 5.41) is 3.54. The summed E-state index contributed by atoms with van der Waals surface area (Å²) in [6.45, 7) is 4.21. The molecular formula is C14H22BrN3. The first-order chi connectivity index (χ1) is 8.67. The molecule has 2 rings (SSSR count). The van der Waals surface area contributed by atoms with Crippen LogP contribution in [0.4, 0.5) is 5.82 Å². The Hall–Kier alpha value is -0.640. The fraction of sp³-hybridized carbons (Fsp3) is 0.714. The van der Waals surface area contributed by atoms with Crippen LogP contribution in [0.25, 0.3) is 0 Å². The Morgan fingerprint density at radius 1 is 1.28 bits per heavy atom. The van der Waals surface area contributed by atoms with Gasteiger partial charge in [0.2, 0.25) is 0 Å². The van der Waals surface area contributed by atoms with Crippen molar-refractivity contribution in [2.45, 2.75) is 58.4 Å². The molecule has 1 aromatic heterocycles. The Bertz CT molecular complexity index is 366. The molecule has 4 heteroatoms. The third-order valence-electron chi connectivity index (χ3n) is 3.70. The molecule has 0 aromatic carbocycles. The van der Waals surface area contributed by atoms with E-state index in [-0.39, 0.29) is 0 Å².